The van der Waals surface area contributed by atoms with Gasteiger partial charge in [-0.3, -0.25) is 9.59 Å². The molecule has 178 valence electrons. The Kier molecular flexibility index (Phi) is 8.60. The first kappa shape index (κ1) is 24.9. The number of amides is 2. The van der Waals surface area contributed by atoms with Crippen LogP contribution in [0.5, 0.6) is 0 Å². The van der Waals surface area contributed by atoms with Crippen molar-refractivity contribution in [3.8, 4) is 0 Å². The molecule has 8 nitrogen and oxygen atoms in total. The highest BCUT2D eigenvalue weighted by Crippen LogP contribution is 2.36. The fourth-order valence-corrected chi connectivity index (χ4v) is 5.58. The third-order valence-corrected chi connectivity index (χ3v) is 7.44. The van der Waals surface area contributed by atoms with Gasteiger partial charge in [-0.2, -0.15) is 4.31 Å². The topological polar surface area (TPSA) is 105 Å². The van der Waals surface area contributed by atoms with E-state index in [9.17, 15) is 18.0 Å². The van der Waals surface area contributed by atoms with Gasteiger partial charge in [0, 0.05) is 45.3 Å². The number of nitrogens with one attached hydrogen (secondary N) is 2. The normalized spacial score (nSPS) is 16.1. The van der Waals surface area contributed by atoms with E-state index in [-0.39, 0.29) is 29.7 Å². The van der Waals surface area contributed by atoms with Crippen LogP contribution < -0.4 is 10.6 Å². The van der Waals surface area contributed by atoms with E-state index in [4.69, 9.17) is 4.74 Å². The van der Waals surface area contributed by atoms with Crippen LogP contribution in [0, 0.1) is 0 Å². The number of benzene rings is 2. The van der Waals surface area contributed by atoms with Gasteiger partial charge in [0.05, 0.1) is 10.9 Å². The Balaban J connectivity index is 1.81. The molecule has 2 N–H and O–H groups in total. The number of hydrogen-bond donors (Lipinski definition) is 2. The molecule has 33 heavy (non-hydrogen) atoms. The second-order valence-corrected chi connectivity index (χ2v) is 9.78. The molecule has 9 heteroatoms. The smallest absolute Gasteiger partial charge is 0.243 e. The summed E-state index contributed by atoms with van der Waals surface area (Å²) in [5, 5.41) is 5.51. The molecule has 0 radical (unpaired) electrons. The van der Waals surface area contributed by atoms with Crippen LogP contribution in [-0.2, 0) is 30.8 Å². The highest BCUT2D eigenvalue weighted by Gasteiger charge is 2.37. The Morgan fingerprint density at radius 2 is 1.85 bits per heavy atom. The van der Waals surface area contributed by atoms with E-state index in [1.54, 1.807) is 12.1 Å². The standard InChI is InChI=1S/C24H31N3O5S/c1-3-32-16-6-14-25-24(29)17-23-22-8-5-4-7-19(22)13-15-27(23)33(30,31)21-11-9-20(10-12-21)26-18(2)28/h4-5,7-12,23H,3,6,13-17H2,1-2H3,(H,25,29)(H,26,28)/t23-/m0/s1. The summed E-state index contributed by atoms with van der Waals surface area (Å²) in [5.74, 6) is -0.431. The van der Waals surface area contributed by atoms with Gasteiger partial charge in [0.25, 0.3) is 0 Å². The van der Waals surface area contributed by atoms with E-state index in [0.717, 1.165) is 11.1 Å². The molecule has 0 aliphatic carbocycles. The van der Waals surface area contributed by atoms with Crippen molar-refractivity contribution in [1.82, 2.24) is 9.62 Å². The van der Waals surface area contributed by atoms with Gasteiger partial charge in [-0.1, -0.05) is 24.3 Å². The van der Waals surface area contributed by atoms with E-state index in [2.05, 4.69) is 10.6 Å². The van der Waals surface area contributed by atoms with Gasteiger partial charge < -0.3 is 15.4 Å². The summed E-state index contributed by atoms with van der Waals surface area (Å²) in [7, 11) is -3.86. The summed E-state index contributed by atoms with van der Waals surface area (Å²) in [5.41, 5.74) is 2.43. The van der Waals surface area contributed by atoms with E-state index in [1.165, 1.54) is 23.4 Å². The molecule has 2 amide bonds. The minimum Gasteiger partial charge on any atom is -0.382 e. The van der Waals surface area contributed by atoms with Gasteiger partial charge in [0.1, 0.15) is 0 Å². The molecule has 0 aromatic heterocycles. The summed E-state index contributed by atoms with van der Waals surface area (Å²) in [6.07, 6.45) is 1.31. The first-order chi connectivity index (χ1) is 15.8. The van der Waals surface area contributed by atoms with Crippen LogP contribution in [0.1, 0.15) is 43.9 Å². The Hall–Kier alpha value is -2.75. The summed E-state index contributed by atoms with van der Waals surface area (Å²) < 4.78 is 33.8. The zero-order valence-electron chi connectivity index (χ0n) is 19.0. The molecule has 2 aromatic carbocycles. The van der Waals surface area contributed by atoms with Crippen molar-refractivity contribution in [3.05, 3.63) is 59.7 Å². The lowest BCUT2D eigenvalue weighted by Gasteiger charge is -2.36. The molecule has 2 aromatic rings. The predicted octanol–water partition coefficient (Wildman–Crippen LogP) is 2.87. The number of rotatable bonds is 10. The van der Waals surface area contributed by atoms with Crippen molar-refractivity contribution in [2.45, 2.75) is 44.0 Å². The van der Waals surface area contributed by atoms with E-state index >= 15 is 0 Å². The predicted molar refractivity (Wildman–Crippen MR) is 126 cm³/mol. The molecule has 0 fully saturated rings. The van der Waals surface area contributed by atoms with Gasteiger partial charge in [-0.25, -0.2) is 8.42 Å². The fourth-order valence-electron chi connectivity index (χ4n) is 3.97. The van der Waals surface area contributed by atoms with Crippen LogP contribution in [-0.4, -0.2) is 50.8 Å². The summed E-state index contributed by atoms with van der Waals surface area (Å²) in [6.45, 7) is 5.27. The number of carbonyl (C=O) groups excluding carboxylic acids is 2. The number of nitrogens with zero attached hydrogens (tertiary/aromatic N) is 1. The van der Waals surface area contributed by atoms with Gasteiger partial charge in [-0.15, -0.1) is 0 Å². The number of sulfonamides is 1. The van der Waals surface area contributed by atoms with Crippen molar-refractivity contribution < 1.29 is 22.7 Å². The number of anilines is 1. The second-order valence-electron chi connectivity index (χ2n) is 7.89. The van der Waals surface area contributed by atoms with E-state index < -0.39 is 16.1 Å². The first-order valence-electron chi connectivity index (χ1n) is 11.1. The molecule has 0 saturated carbocycles. The molecule has 1 atom stereocenters. The van der Waals surface area contributed by atoms with Gasteiger partial charge in [0.15, 0.2) is 0 Å². The molecule has 0 bridgehead atoms. The van der Waals surface area contributed by atoms with Crippen molar-refractivity contribution in [2.75, 3.05) is 31.6 Å². The zero-order valence-corrected chi connectivity index (χ0v) is 19.9. The maximum absolute atomic E-state index is 13.5. The third kappa shape index (κ3) is 6.40. The lowest BCUT2D eigenvalue weighted by molar-refractivity contribution is -0.122. The van der Waals surface area contributed by atoms with Gasteiger partial charge in [0.2, 0.25) is 21.8 Å². The van der Waals surface area contributed by atoms with Crippen molar-refractivity contribution in [3.63, 3.8) is 0 Å². The van der Waals surface area contributed by atoms with Crippen LogP contribution in [0.4, 0.5) is 5.69 Å². The summed E-state index contributed by atoms with van der Waals surface area (Å²) in [4.78, 5) is 24.1. The minimum absolute atomic E-state index is 0.0366. The molecular formula is C24H31N3O5S. The van der Waals surface area contributed by atoms with E-state index in [1.807, 2.05) is 31.2 Å². The molecule has 3 rings (SSSR count). The monoisotopic (exact) mass is 473 g/mol. The molecule has 0 saturated heterocycles. The molecule has 1 heterocycles. The Labute approximate surface area is 195 Å². The highest BCUT2D eigenvalue weighted by atomic mass is 32.2. The molecular weight excluding hydrogens is 442 g/mol. The quantitative estimate of drug-likeness (QED) is 0.517. The Bertz CT molecular complexity index is 1070. The number of fused-ring (bicyclic) bond motifs is 1. The molecule has 1 aliphatic heterocycles. The van der Waals surface area contributed by atoms with Gasteiger partial charge >= 0.3 is 0 Å². The number of hydrogen-bond acceptors (Lipinski definition) is 5. The average molecular weight is 474 g/mol. The first-order valence-corrected chi connectivity index (χ1v) is 12.6. The van der Waals surface area contributed by atoms with Crippen molar-refractivity contribution in [2.24, 2.45) is 0 Å². The highest BCUT2D eigenvalue weighted by molar-refractivity contribution is 7.89. The lowest BCUT2D eigenvalue weighted by atomic mass is 9.92. The lowest BCUT2D eigenvalue weighted by Crippen LogP contribution is -2.42. The SMILES string of the molecule is CCOCCCNC(=O)C[C@H]1c2ccccc2CCN1S(=O)(=O)c1ccc(NC(C)=O)cc1. The number of ether oxygens (including phenoxy) is 1. The number of carbonyl (C=O) groups is 2. The molecule has 0 unspecified atom stereocenters. The molecule has 0 spiro atoms. The Morgan fingerprint density at radius 3 is 2.55 bits per heavy atom. The van der Waals surface area contributed by atoms with Gasteiger partial charge in [-0.05, 0) is 55.2 Å². The van der Waals surface area contributed by atoms with Crippen molar-refractivity contribution in [1.29, 1.82) is 0 Å². The second kappa shape index (κ2) is 11.4. The molecule has 1 aliphatic rings. The van der Waals surface area contributed by atoms with Crippen LogP contribution >= 0.6 is 0 Å². The van der Waals surface area contributed by atoms with Crippen LogP contribution in [0.25, 0.3) is 0 Å². The summed E-state index contributed by atoms with van der Waals surface area (Å²) >= 11 is 0. The van der Waals surface area contributed by atoms with E-state index in [0.29, 0.717) is 38.3 Å². The minimum atomic E-state index is -3.86. The largest absolute Gasteiger partial charge is 0.382 e. The van der Waals surface area contributed by atoms with Crippen LogP contribution in [0.2, 0.25) is 0 Å². The summed E-state index contributed by atoms with van der Waals surface area (Å²) in [6, 6.07) is 13.1. The fraction of sp³-hybridized carbons (Fsp3) is 0.417. The Morgan fingerprint density at radius 1 is 1.12 bits per heavy atom. The van der Waals surface area contributed by atoms with Crippen LogP contribution in [0.3, 0.4) is 0 Å². The average Bonchev–Trinajstić information content (AvgIpc) is 2.79. The van der Waals surface area contributed by atoms with Crippen LogP contribution in [0.15, 0.2) is 53.4 Å². The van der Waals surface area contributed by atoms with Crippen molar-refractivity contribution >= 4 is 27.5 Å². The maximum atomic E-state index is 13.5. The maximum Gasteiger partial charge on any atom is 0.243 e. The zero-order chi connectivity index (χ0) is 23.8. The third-order valence-electron chi connectivity index (χ3n) is 5.52.